The van der Waals surface area contributed by atoms with Gasteiger partial charge < -0.3 is 14.6 Å². The molecule has 2 saturated heterocycles. The zero-order valence-electron chi connectivity index (χ0n) is 15.9. The van der Waals surface area contributed by atoms with Crippen molar-refractivity contribution in [1.29, 1.82) is 0 Å². The standard InChI is InChI=1S/C20H26N4O3/c1-3-20(19(26)21-10-11-23-14(2)8-9-22-23)13-15-6-7-17(20)24(15)18(25)16-5-4-12-27-16/h4-5,8-9,12,15,17H,3,6-7,10-11,13H2,1-2H3,(H,21,26)/t15-,17+,20+/m0/s1. The molecule has 3 atom stereocenters. The largest absolute Gasteiger partial charge is 0.459 e. The number of carbonyl (C=O) groups excluding carboxylic acids is 2. The number of rotatable bonds is 6. The van der Waals surface area contributed by atoms with Crippen LogP contribution in [0.5, 0.6) is 0 Å². The highest BCUT2D eigenvalue weighted by Crippen LogP contribution is 2.52. The zero-order chi connectivity index (χ0) is 19.0. The Hall–Kier alpha value is -2.57. The van der Waals surface area contributed by atoms with Crippen LogP contribution in [0.25, 0.3) is 0 Å². The molecule has 27 heavy (non-hydrogen) atoms. The number of fused-ring (bicyclic) bond motifs is 2. The molecule has 0 radical (unpaired) electrons. The third-order valence-corrected chi connectivity index (χ3v) is 6.33. The lowest BCUT2D eigenvalue weighted by atomic mass is 9.71. The van der Waals surface area contributed by atoms with Gasteiger partial charge in [-0.1, -0.05) is 6.92 Å². The summed E-state index contributed by atoms with van der Waals surface area (Å²) in [5, 5.41) is 7.35. The molecule has 1 N–H and O–H groups in total. The molecule has 2 aliphatic heterocycles. The minimum absolute atomic E-state index is 0.0549. The lowest BCUT2D eigenvalue weighted by molar-refractivity contribution is -0.133. The molecule has 2 amide bonds. The van der Waals surface area contributed by atoms with Crippen LogP contribution in [-0.2, 0) is 11.3 Å². The van der Waals surface area contributed by atoms with Crippen LogP contribution in [0.2, 0.25) is 0 Å². The van der Waals surface area contributed by atoms with Crippen LogP contribution < -0.4 is 5.32 Å². The molecule has 7 heteroatoms. The van der Waals surface area contributed by atoms with Crippen molar-refractivity contribution < 1.29 is 14.0 Å². The van der Waals surface area contributed by atoms with E-state index in [1.165, 1.54) is 6.26 Å². The number of amides is 2. The molecule has 2 aliphatic rings. The Balaban J connectivity index is 1.46. The Bertz CT molecular complexity index is 828. The maximum atomic E-state index is 13.2. The van der Waals surface area contributed by atoms with Gasteiger partial charge in [0, 0.05) is 30.5 Å². The summed E-state index contributed by atoms with van der Waals surface area (Å²) in [6.07, 6.45) is 6.56. The Labute approximate surface area is 158 Å². The van der Waals surface area contributed by atoms with Gasteiger partial charge in [-0.15, -0.1) is 0 Å². The van der Waals surface area contributed by atoms with Gasteiger partial charge in [-0.3, -0.25) is 14.3 Å². The predicted molar refractivity (Wildman–Crippen MR) is 99.0 cm³/mol. The highest BCUT2D eigenvalue weighted by atomic mass is 16.3. The van der Waals surface area contributed by atoms with Crippen molar-refractivity contribution in [2.24, 2.45) is 5.41 Å². The first-order valence-electron chi connectivity index (χ1n) is 9.69. The van der Waals surface area contributed by atoms with E-state index in [-0.39, 0.29) is 23.9 Å². The Morgan fingerprint density at radius 3 is 2.89 bits per heavy atom. The molecule has 0 aliphatic carbocycles. The molecule has 4 rings (SSSR count). The zero-order valence-corrected chi connectivity index (χ0v) is 15.9. The van der Waals surface area contributed by atoms with Crippen molar-refractivity contribution >= 4 is 11.8 Å². The van der Waals surface area contributed by atoms with Gasteiger partial charge in [-0.2, -0.15) is 5.10 Å². The summed E-state index contributed by atoms with van der Waals surface area (Å²) in [6, 6.07) is 5.43. The van der Waals surface area contributed by atoms with Gasteiger partial charge in [-0.25, -0.2) is 0 Å². The third kappa shape index (κ3) is 2.85. The minimum Gasteiger partial charge on any atom is -0.459 e. The first kappa shape index (κ1) is 17.8. The molecule has 2 fully saturated rings. The SMILES string of the molecule is CC[C@@]1(C(=O)NCCn2nccc2C)C[C@@H]2CC[C@H]1N2C(=O)c1ccco1. The monoisotopic (exact) mass is 370 g/mol. The van der Waals surface area contributed by atoms with Gasteiger partial charge in [-0.05, 0) is 50.8 Å². The van der Waals surface area contributed by atoms with Crippen LogP contribution in [0.1, 0.15) is 48.9 Å². The van der Waals surface area contributed by atoms with Crippen LogP contribution >= 0.6 is 0 Å². The van der Waals surface area contributed by atoms with E-state index in [1.54, 1.807) is 18.3 Å². The summed E-state index contributed by atoms with van der Waals surface area (Å²) in [5.74, 6) is 0.315. The maximum Gasteiger partial charge on any atom is 0.290 e. The van der Waals surface area contributed by atoms with Gasteiger partial charge in [0.1, 0.15) is 0 Å². The average Bonchev–Trinajstić information content (AvgIpc) is 3.45. The second kappa shape index (κ2) is 6.87. The van der Waals surface area contributed by atoms with Crippen LogP contribution in [0.4, 0.5) is 0 Å². The molecule has 4 heterocycles. The van der Waals surface area contributed by atoms with Crippen molar-refractivity contribution in [1.82, 2.24) is 20.0 Å². The van der Waals surface area contributed by atoms with Gasteiger partial charge in [0.2, 0.25) is 5.91 Å². The van der Waals surface area contributed by atoms with Crippen molar-refractivity contribution in [2.75, 3.05) is 6.54 Å². The molecule has 7 nitrogen and oxygen atoms in total. The van der Waals surface area contributed by atoms with E-state index in [4.69, 9.17) is 4.42 Å². The lowest BCUT2D eigenvalue weighted by Crippen LogP contribution is -2.50. The Morgan fingerprint density at radius 2 is 2.22 bits per heavy atom. The fourth-order valence-electron chi connectivity index (χ4n) is 4.89. The van der Waals surface area contributed by atoms with Crippen molar-refractivity contribution in [2.45, 2.75) is 58.2 Å². The van der Waals surface area contributed by atoms with Crippen molar-refractivity contribution in [3.63, 3.8) is 0 Å². The third-order valence-electron chi connectivity index (χ3n) is 6.33. The molecular weight excluding hydrogens is 344 g/mol. The van der Waals surface area contributed by atoms with Gasteiger partial charge >= 0.3 is 0 Å². The molecular formula is C20H26N4O3. The number of aryl methyl sites for hydroxylation is 1. The van der Waals surface area contributed by atoms with Crippen LogP contribution in [0.3, 0.4) is 0 Å². The molecule has 0 unspecified atom stereocenters. The summed E-state index contributed by atoms with van der Waals surface area (Å²) in [4.78, 5) is 27.9. The number of hydrogen-bond donors (Lipinski definition) is 1. The lowest BCUT2D eigenvalue weighted by Gasteiger charge is -2.35. The maximum absolute atomic E-state index is 13.2. The highest BCUT2D eigenvalue weighted by Gasteiger charge is 2.60. The highest BCUT2D eigenvalue weighted by molar-refractivity contribution is 5.94. The minimum atomic E-state index is -0.510. The van der Waals surface area contributed by atoms with E-state index in [9.17, 15) is 9.59 Å². The summed E-state index contributed by atoms with van der Waals surface area (Å²) >= 11 is 0. The second-order valence-electron chi connectivity index (χ2n) is 7.60. The predicted octanol–water partition coefficient (Wildman–Crippen LogP) is 2.37. The van der Waals surface area contributed by atoms with Crippen LogP contribution in [0, 0.1) is 12.3 Å². The van der Waals surface area contributed by atoms with E-state index in [1.807, 2.05) is 29.5 Å². The van der Waals surface area contributed by atoms with E-state index in [2.05, 4.69) is 10.4 Å². The summed E-state index contributed by atoms with van der Waals surface area (Å²) in [7, 11) is 0. The fourth-order valence-corrected chi connectivity index (χ4v) is 4.89. The average molecular weight is 370 g/mol. The number of nitrogens with one attached hydrogen (secondary N) is 1. The van der Waals surface area contributed by atoms with E-state index < -0.39 is 5.41 Å². The first-order valence-corrected chi connectivity index (χ1v) is 9.69. The molecule has 2 bridgehead atoms. The van der Waals surface area contributed by atoms with Gasteiger partial charge in [0.05, 0.1) is 18.2 Å². The molecule has 0 aromatic carbocycles. The van der Waals surface area contributed by atoms with Gasteiger partial charge in [0.15, 0.2) is 5.76 Å². The van der Waals surface area contributed by atoms with Gasteiger partial charge in [0.25, 0.3) is 5.91 Å². The number of hydrogen-bond acceptors (Lipinski definition) is 4. The molecule has 0 spiro atoms. The first-order chi connectivity index (χ1) is 13.1. The summed E-state index contributed by atoms with van der Waals surface area (Å²) in [6.45, 7) is 5.23. The van der Waals surface area contributed by atoms with Crippen molar-refractivity contribution in [3.8, 4) is 0 Å². The Kier molecular flexibility index (Phi) is 4.53. The van der Waals surface area contributed by atoms with E-state index >= 15 is 0 Å². The topological polar surface area (TPSA) is 80.4 Å². The van der Waals surface area contributed by atoms with E-state index in [0.717, 1.165) is 31.4 Å². The quantitative estimate of drug-likeness (QED) is 0.847. The molecule has 2 aromatic heterocycles. The number of aromatic nitrogens is 2. The molecule has 144 valence electrons. The van der Waals surface area contributed by atoms with Crippen molar-refractivity contribution in [3.05, 3.63) is 42.1 Å². The van der Waals surface area contributed by atoms with Crippen LogP contribution in [0.15, 0.2) is 35.1 Å². The van der Waals surface area contributed by atoms with Crippen LogP contribution in [-0.4, -0.2) is 45.1 Å². The number of nitrogens with zero attached hydrogens (tertiary/aromatic N) is 3. The summed E-state index contributed by atoms with van der Waals surface area (Å²) < 4.78 is 7.19. The second-order valence-corrected chi connectivity index (χ2v) is 7.60. The summed E-state index contributed by atoms with van der Waals surface area (Å²) in [5.41, 5.74) is 0.564. The van der Waals surface area contributed by atoms with E-state index in [0.29, 0.717) is 18.8 Å². The smallest absolute Gasteiger partial charge is 0.290 e. The Morgan fingerprint density at radius 1 is 1.37 bits per heavy atom. The molecule has 2 aromatic rings. The normalized spacial score (nSPS) is 26.5. The number of carbonyl (C=O) groups is 2. The fraction of sp³-hybridized carbons (Fsp3) is 0.550. The molecule has 0 saturated carbocycles. The number of furan rings is 1.